The molecule has 13 aromatic carbocycles. The lowest BCUT2D eigenvalue weighted by atomic mass is 9.93. The molecule has 10 heteroatoms. The molecule has 0 radical (unpaired) electrons. The Bertz CT molecular complexity index is 6540. The van der Waals surface area contributed by atoms with Crippen molar-refractivity contribution in [1.82, 2.24) is 29.1 Å². The zero-order chi connectivity index (χ0) is 64.1. The van der Waals surface area contributed by atoms with E-state index in [-0.39, 0.29) is 0 Å². The van der Waals surface area contributed by atoms with E-state index in [1.807, 2.05) is 54.6 Å². The molecule has 0 fully saturated rings. The van der Waals surface area contributed by atoms with E-state index in [1.54, 1.807) is 0 Å². The molecule has 0 spiro atoms. The predicted molar refractivity (Wildman–Crippen MR) is 398 cm³/mol. The van der Waals surface area contributed by atoms with E-state index in [4.69, 9.17) is 28.8 Å². The number of hydrogen-bond acceptors (Lipinski definition) is 8. The number of para-hydroxylation sites is 7. The summed E-state index contributed by atoms with van der Waals surface area (Å²) in [7, 11) is 0. The van der Waals surface area contributed by atoms with Crippen LogP contribution in [0.15, 0.2) is 324 Å². The second kappa shape index (κ2) is 21.0. The van der Waals surface area contributed by atoms with E-state index in [2.05, 4.69) is 280 Å². The fraction of sp³-hybridized carbons (Fsp3) is 0. The summed E-state index contributed by atoms with van der Waals surface area (Å²) < 4.78 is 18.1. The molecule has 21 rings (SSSR count). The van der Waals surface area contributed by atoms with Crippen LogP contribution in [-0.2, 0) is 0 Å². The molecular formula is C88H52N8O2. The van der Waals surface area contributed by atoms with Gasteiger partial charge in [-0.2, -0.15) is 0 Å². The highest BCUT2D eigenvalue weighted by Gasteiger charge is 2.32. The van der Waals surface area contributed by atoms with Crippen LogP contribution >= 0.6 is 0 Å². The van der Waals surface area contributed by atoms with E-state index < -0.39 is 0 Å². The molecule has 0 unspecified atom stereocenters. The monoisotopic (exact) mass is 1250 g/mol. The number of rotatable bonds is 7. The number of fused-ring (bicyclic) bond motifs is 22. The fourth-order valence-corrected chi connectivity index (χ4v) is 15.3. The van der Waals surface area contributed by atoms with Gasteiger partial charge in [0.15, 0.2) is 22.8 Å². The smallest absolute Gasteiger partial charge is 0.180 e. The van der Waals surface area contributed by atoms with Gasteiger partial charge in [-0.3, -0.25) is 18.9 Å². The molecular weight excluding hydrogens is 1200 g/mol. The highest BCUT2D eigenvalue weighted by Crippen LogP contribution is 2.54. The SMILES string of the molecule is c1ccc(-c2nc(-c3cccc(N4c5c(ccc6cc(-c7ccc(-c8nc(-c9cccc(N%10c%11ccccc%11-c%11ccccc%11-n%11c%10cc%10ccccc%10%11)c9)nc9c8oc8ccccc89)cc7)ccc56)-c5ccccc5-n5c4cc4ccccc45)c3)nc3c2oc2ccccc23)cc1. The minimum atomic E-state index is 0.601. The Morgan fingerprint density at radius 2 is 0.724 bits per heavy atom. The lowest BCUT2D eigenvalue weighted by Crippen LogP contribution is -2.13. The van der Waals surface area contributed by atoms with Crippen LogP contribution in [0.3, 0.4) is 0 Å². The molecule has 456 valence electrons. The Kier molecular flexibility index (Phi) is 11.6. The van der Waals surface area contributed by atoms with E-state index in [1.165, 1.54) is 5.56 Å². The van der Waals surface area contributed by atoms with E-state index >= 15 is 0 Å². The molecule has 2 aliphatic heterocycles. The molecule has 0 bridgehead atoms. The summed E-state index contributed by atoms with van der Waals surface area (Å²) in [6.45, 7) is 0. The van der Waals surface area contributed by atoms with E-state index in [0.717, 1.165) is 173 Å². The molecule has 98 heavy (non-hydrogen) atoms. The summed E-state index contributed by atoms with van der Waals surface area (Å²) in [4.78, 5) is 26.4. The van der Waals surface area contributed by atoms with Gasteiger partial charge in [-0.05, 0) is 114 Å². The van der Waals surface area contributed by atoms with Gasteiger partial charge in [0.2, 0.25) is 0 Å². The minimum Gasteiger partial charge on any atom is -0.452 e. The Morgan fingerprint density at radius 3 is 1.34 bits per heavy atom. The zero-order valence-electron chi connectivity index (χ0n) is 52.4. The molecule has 10 nitrogen and oxygen atoms in total. The van der Waals surface area contributed by atoms with Crippen molar-refractivity contribution in [3.63, 3.8) is 0 Å². The summed E-state index contributed by atoms with van der Waals surface area (Å²) in [5, 5.41) is 6.38. The summed E-state index contributed by atoms with van der Waals surface area (Å²) in [6, 6.07) is 112. The first-order chi connectivity index (χ1) is 48.6. The number of nitrogens with zero attached hydrogens (tertiary/aromatic N) is 8. The normalized spacial score (nSPS) is 12.4. The van der Waals surface area contributed by atoms with Crippen LogP contribution in [0, 0.1) is 0 Å². The van der Waals surface area contributed by atoms with Crippen LogP contribution in [0.1, 0.15) is 0 Å². The Morgan fingerprint density at radius 1 is 0.265 bits per heavy atom. The molecule has 19 aromatic rings. The van der Waals surface area contributed by atoms with Crippen LogP contribution in [-0.4, -0.2) is 29.1 Å². The summed E-state index contributed by atoms with van der Waals surface area (Å²) in [6.07, 6.45) is 0. The largest absolute Gasteiger partial charge is 0.452 e. The Hall–Kier alpha value is -13.4. The molecule has 8 heterocycles. The van der Waals surface area contributed by atoms with Gasteiger partial charge in [0.1, 0.15) is 45.2 Å². The number of hydrogen-bond donors (Lipinski definition) is 0. The first kappa shape index (κ1) is 54.0. The van der Waals surface area contributed by atoms with Gasteiger partial charge < -0.3 is 8.83 Å². The van der Waals surface area contributed by atoms with E-state index in [9.17, 15) is 0 Å². The number of furan rings is 2. The van der Waals surface area contributed by atoms with Crippen molar-refractivity contribution >= 4 is 111 Å². The van der Waals surface area contributed by atoms with Crippen molar-refractivity contribution < 1.29 is 8.83 Å². The van der Waals surface area contributed by atoms with Crippen LogP contribution in [0.4, 0.5) is 34.4 Å². The summed E-state index contributed by atoms with van der Waals surface area (Å²) >= 11 is 0. The van der Waals surface area contributed by atoms with Gasteiger partial charge in [-0.1, -0.05) is 218 Å². The van der Waals surface area contributed by atoms with Crippen LogP contribution in [0.25, 0.3) is 167 Å². The molecule has 0 N–H and O–H groups in total. The maximum absolute atomic E-state index is 6.74. The number of benzene rings is 13. The van der Waals surface area contributed by atoms with Crippen LogP contribution < -0.4 is 9.80 Å². The quantitative estimate of drug-likeness (QED) is 0.156. The van der Waals surface area contributed by atoms with Crippen molar-refractivity contribution in [2.45, 2.75) is 0 Å². The molecule has 0 atom stereocenters. The molecule has 0 saturated heterocycles. The van der Waals surface area contributed by atoms with Crippen molar-refractivity contribution in [1.29, 1.82) is 0 Å². The van der Waals surface area contributed by atoms with Crippen LogP contribution in [0.2, 0.25) is 0 Å². The highest BCUT2D eigenvalue weighted by molar-refractivity contribution is 6.12. The number of aromatic nitrogens is 6. The Balaban J connectivity index is 0.690. The van der Waals surface area contributed by atoms with Gasteiger partial charge in [0.05, 0.1) is 33.8 Å². The third-order valence-electron chi connectivity index (χ3n) is 19.8. The summed E-state index contributed by atoms with van der Waals surface area (Å²) in [5.74, 6) is 3.27. The molecule has 6 aromatic heterocycles. The van der Waals surface area contributed by atoms with Gasteiger partial charge in [-0.25, -0.2) is 19.9 Å². The zero-order valence-corrected chi connectivity index (χ0v) is 52.4. The summed E-state index contributed by atoms with van der Waals surface area (Å²) in [5.41, 5.74) is 24.8. The van der Waals surface area contributed by atoms with E-state index in [0.29, 0.717) is 22.8 Å². The number of anilines is 6. The average molecular weight is 1250 g/mol. The lowest BCUT2D eigenvalue weighted by molar-refractivity contribution is 0.667. The maximum atomic E-state index is 6.74. The van der Waals surface area contributed by atoms with Crippen molar-refractivity contribution in [2.24, 2.45) is 0 Å². The fourth-order valence-electron chi connectivity index (χ4n) is 15.3. The lowest BCUT2D eigenvalue weighted by Gasteiger charge is -2.28. The Labute approximate surface area is 561 Å². The van der Waals surface area contributed by atoms with Crippen LogP contribution in [0.5, 0.6) is 0 Å². The average Bonchev–Trinajstić information content (AvgIpc) is 1.54. The predicted octanol–water partition coefficient (Wildman–Crippen LogP) is 23.3. The topological polar surface area (TPSA) is 94.2 Å². The second-order valence-corrected chi connectivity index (χ2v) is 25.3. The van der Waals surface area contributed by atoms with Gasteiger partial charge in [0.25, 0.3) is 0 Å². The van der Waals surface area contributed by atoms with Crippen molar-refractivity contribution in [2.75, 3.05) is 9.80 Å². The highest BCUT2D eigenvalue weighted by atomic mass is 16.3. The van der Waals surface area contributed by atoms with Gasteiger partial charge >= 0.3 is 0 Å². The molecule has 0 amide bonds. The molecule has 2 aliphatic rings. The van der Waals surface area contributed by atoms with Gasteiger partial charge in [-0.15, -0.1) is 0 Å². The standard InChI is InChI=1S/C88H52N8O2/c1-2-20-54(21-3-1)80-85-82(69-31-9-16-38-76(69)97-85)91-88(89-80)61-25-19-27-63(50-61)94-79-52-59-23-5-12-34-72(59)96(79)75-37-15-8-30-67(75)68-47-45-57-48-56(44-46-64(57)84(68)94)53-40-42-55(43-41-53)81-86-83(70-32-10-17-39-77(70)98-86)92-87(90-81)60-24-18-26-62(49-60)93-73-35-13-6-28-65(73)66-29-7-14-36-74(66)95-71-33-11-4-22-58(71)51-78(93)95/h1-52H. The first-order valence-corrected chi connectivity index (χ1v) is 33.0. The van der Waals surface area contributed by atoms with Crippen molar-refractivity contribution in [3.8, 4) is 90.0 Å². The molecule has 0 aliphatic carbocycles. The minimum absolute atomic E-state index is 0.601. The first-order valence-electron chi connectivity index (χ1n) is 33.0. The third kappa shape index (κ3) is 8.15. The third-order valence-corrected chi connectivity index (χ3v) is 19.8. The van der Waals surface area contributed by atoms with Crippen molar-refractivity contribution in [3.05, 3.63) is 315 Å². The molecule has 0 saturated carbocycles. The van der Waals surface area contributed by atoms with Gasteiger partial charge in [0, 0.05) is 82.8 Å². The second-order valence-electron chi connectivity index (χ2n) is 25.3. The maximum Gasteiger partial charge on any atom is 0.180 e.